The Bertz CT molecular complexity index is 747. The van der Waals surface area contributed by atoms with Crippen LogP contribution < -0.4 is 0 Å². The second-order valence-corrected chi connectivity index (χ2v) is 4.45. The van der Waals surface area contributed by atoms with Crippen molar-refractivity contribution in [3.63, 3.8) is 0 Å². The highest BCUT2D eigenvalue weighted by atomic mass is 35.5. The van der Waals surface area contributed by atoms with Crippen molar-refractivity contribution in [2.24, 2.45) is 5.11 Å². The minimum absolute atomic E-state index is 0.133. The van der Waals surface area contributed by atoms with Crippen LogP contribution in [0.1, 0.15) is 15.9 Å². The number of allylic oxidation sites excluding steroid dienone is 1. The van der Waals surface area contributed by atoms with Crippen LogP contribution in [0.5, 0.6) is 0 Å². The Morgan fingerprint density at radius 3 is 2.71 bits per heavy atom. The Labute approximate surface area is 125 Å². The highest BCUT2D eigenvalue weighted by Crippen LogP contribution is 2.23. The molecule has 104 valence electrons. The normalized spacial score (nSPS) is 10.4. The van der Waals surface area contributed by atoms with Crippen molar-refractivity contribution in [2.75, 3.05) is 0 Å². The molecule has 0 N–H and O–H groups in total. The van der Waals surface area contributed by atoms with Crippen LogP contribution in [-0.4, -0.2) is 5.78 Å². The third kappa shape index (κ3) is 3.48. The zero-order chi connectivity index (χ0) is 15.2. The average molecular weight is 302 g/mol. The van der Waals surface area contributed by atoms with Gasteiger partial charge in [-0.25, -0.2) is 4.39 Å². The van der Waals surface area contributed by atoms with Gasteiger partial charge >= 0.3 is 0 Å². The van der Waals surface area contributed by atoms with Gasteiger partial charge in [0, 0.05) is 21.7 Å². The molecule has 2 aromatic rings. The van der Waals surface area contributed by atoms with Gasteiger partial charge in [-0.05, 0) is 29.8 Å². The number of carbonyl (C=O) groups excluding carboxylic acids is 1. The number of rotatable bonds is 4. The number of benzene rings is 2. The average Bonchev–Trinajstić information content (AvgIpc) is 2.47. The van der Waals surface area contributed by atoms with E-state index in [2.05, 4.69) is 10.0 Å². The fourth-order valence-corrected chi connectivity index (χ4v) is 1.96. The number of nitrogens with zero attached hydrogens (tertiary/aromatic N) is 3. The van der Waals surface area contributed by atoms with Gasteiger partial charge in [0.05, 0.1) is 5.02 Å². The van der Waals surface area contributed by atoms with E-state index in [1.165, 1.54) is 42.5 Å². The van der Waals surface area contributed by atoms with Crippen molar-refractivity contribution < 1.29 is 9.18 Å². The van der Waals surface area contributed by atoms with Gasteiger partial charge < -0.3 is 0 Å². The summed E-state index contributed by atoms with van der Waals surface area (Å²) in [6.45, 7) is 0. The van der Waals surface area contributed by atoms with Crippen LogP contribution in [0.15, 0.2) is 53.7 Å². The van der Waals surface area contributed by atoms with E-state index in [4.69, 9.17) is 17.1 Å². The summed E-state index contributed by atoms with van der Waals surface area (Å²) in [5.74, 6) is -0.924. The summed E-state index contributed by atoms with van der Waals surface area (Å²) < 4.78 is 13.6. The maximum Gasteiger partial charge on any atom is 0.186 e. The van der Waals surface area contributed by atoms with Gasteiger partial charge in [-0.15, -0.1) is 0 Å². The number of ketones is 1. The van der Waals surface area contributed by atoms with E-state index in [0.29, 0.717) is 0 Å². The first-order valence-electron chi connectivity index (χ1n) is 5.94. The zero-order valence-corrected chi connectivity index (χ0v) is 11.5. The monoisotopic (exact) mass is 301 g/mol. The molecule has 0 aliphatic heterocycles. The number of carbonyl (C=O) groups is 1. The summed E-state index contributed by atoms with van der Waals surface area (Å²) in [5.41, 5.74) is 9.05. The molecule has 0 aliphatic carbocycles. The zero-order valence-electron chi connectivity index (χ0n) is 10.7. The van der Waals surface area contributed by atoms with Gasteiger partial charge in [0.15, 0.2) is 5.78 Å². The molecule has 0 bridgehead atoms. The maximum atomic E-state index is 13.6. The van der Waals surface area contributed by atoms with Crippen molar-refractivity contribution in [1.29, 1.82) is 0 Å². The van der Waals surface area contributed by atoms with Crippen LogP contribution in [0.3, 0.4) is 0 Å². The predicted molar refractivity (Wildman–Crippen MR) is 80.0 cm³/mol. The van der Waals surface area contributed by atoms with E-state index in [1.807, 2.05) is 0 Å². The van der Waals surface area contributed by atoms with Crippen LogP contribution in [0.4, 0.5) is 10.1 Å². The molecule has 0 amide bonds. The van der Waals surface area contributed by atoms with Crippen molar-refractivity contribution >= 4 is 29.1 Å². The minimum atomic E-state index is -0.519. The van der Waals surface area contributed by atoms with Crippen LogP contribution >= 0.6 is 11.6 Å². The first-order chi connectivity index (χ1) is 10.1. The fraction of sp³-hybridized carbons (Fsp3) is 0. The number of halogens is 2. The molecule has 0 saturated carbocycles. The van der Waals surface area contributed by atoms with Gasteiger partial charge in [0.2, 0.25) is 0 Å². The Morgan fingerprint density at radius 1 is 1.24 bits per heavy atom. The summed E-state index contributed by atoms with van der Waals surface area (Å²) in [6, 6.07) is 10.6. The molecule has 0 heterocycles. The van der Waals surface area contributed by atoms with Crippen molar-refractivity contribution in [2.45, 2.75) is 0 Å². The van der Waals surface area contributed by atoms with E-state index >= 15 is 0 Å². The standard InChI is InChI=1S/C15H9ClFN3O/c16-12-5-3-6-13(17)10(12)8-9-15(21)11-4-1-2-7-14(11)19-20-18/h1-9H/b9-8+. The molecule has 4 nitrogen and oxygen atoms in total. The highest BCUT2D eigenvalue weighted by Gasteiger charge is 2.08. The Kier molecular flexibility index (Phi) is 4.72. The number of azide groups is 1. The lowest BCUT2D eigenvalue weighted by atomic mass is 10.1. The summed E-state index contributed by atoms with van der Waals surface area (Å²) >= 11 is 5.87. The van der Waals surface area contributed by atoms with Crippen molar-refractivity contribution in [3.05, 3.63) is 81.0 Å². The molecule has 0 saturated heterocycles. The van der Waals surface area contributed by atoms with E-state index in [1.54, 1.807) is 12.1 Å². The fourth-order valence-electron chi connectivity index (χ4n) is 1.74. The molecule has 0 atom stereocenters. The topological polar surface area (TPSA) is 65.8 Å². The van der Waals surface area contributed by atoms with E-state index in [-0.39, 0.29) is 21.8 Å². The van der Waals surface area contributed by atoms with E-state index < -0.39 is 11.6 Å². The lowest BCUT2D eigenvalue weighted by Gasteiger charge is -2.01. The lowest BCUT2D eigenvalue weighted by molar-refractivity contribution is 0.104. The van der Waals surface area contributed by atoms with Crippen LogP contribution in [0.2, 0.25) is 5.02 Å². The Hall–Kier alpha value is -2.62. The van der Waals surface area contributed by atoms with Crippen molar-refractivity contribution in [3.8, 4) is 0 Å². The molecule has 2 rings (SSSR count). The van der Waals surface area contributed by atoms with Gasteiger partial charge in [-0.2, -0.15) is 0 Å². The molecule has 21 heavy (non-hydrogen) atoms. The van der Waals surface area contributed by atoms with Crippen LogP contribution in [-0.2, 0) is 0 Å². The van der Waals surface area contributed by atoms with Gasteiger partial charge in [0.1, 0.15) is 5.82 Å². The first kappa shape index (κ1) is 14.8. The molecule has 0 aromatic heterocycles. The SMILES string of the molecule is [N-]=[N+]=Nc1ccccc1C(=O)/C=C/c1c(F)cccc1Cl. The second-order valence-electron chi connectivity index (χ2n) is 4.04. The number of hydrogen-bond donors (Lipinski definition) is 0. The molecule has 0 aliphatic rings. The third-order valence-corrected chi connectivity index (χ3v) is 3.05. The molecular weight excluding hydrogens is 293 g/mol. The third-order valence-electron chi connectivity index (χ3n) is 2.72. The molecular formula is C15H9ClFN3O. The quantitative estimate of drug-likeness (QED) is 0.248. The van der Waals surface area contributed by atoms with Crippen molar-refractivity contribution in [1.82, 2.24) is 0 Å². The molecule has 0 spiro atoms. The molecule has 0 radical (unpaired) electrons. The van der Waals surface area contributed by atoms with Crippen LogP contribution in [0.25, 0.3) is 16.5 Å². The summed E-state index contributed by atoms with van der Waals surface area (Å²) in [4.78, 5) is 14.8. The number of hydrogen-bond acceptors (Lipinski definition) is 2. The molecule has 0 fully saturated rings. The predicted octanol–water partition coefficient (Wildman–Crippen LogP) is 5.32. The lowest BCUT2D eigenvalue weighted by Crippen LogP contribution is -1.94. The van der Waals surface area contributed by atoms with Gasteiger partial charge in [0.25, 0.3) is 0 Å². The summed E-state index contributed by atoms with van der Waals surface area (Å²) in [5, 5.41) is 3.65. The van der Waals surface area contributed by atoms with E-state index in [0.717, 1.165) is 0 Å². The molecule has 2 aromatic carbocycles. The maximum absolute atomic E-state index is 13.6. The first-order valence-corrected chi connectivity index (χ1v) is 6.32. The van der Waals surface area contributed by atoms with E-state index in [9.17, 15) is 9.18 Å². The van der Waals surface area contributed by atoms with Gasteiger partial charge in [-0.1, -0.05) is 47.0 Å². The minimum Gasteiger partial charge on any atom is -0.289 e. The smallest absolute Gasteiger partial charge is 0.186 e. The van der Waals surface area contributed by atoms with Crippen LogP contribution in [0, 0.1) is 5.82 Å². The van der Waals surface area contributed by atoms with Gasteiger partial charge in [-0.3, -0.25) is 4.79 Å². The second kappa shape index (κ2) is 6.70. The Morgan fingerprint density at radius 2 is 2.00 bits per heavy atom. The molecule has 6 heteroatoms. The molecule has 0 unspecified atom stereocenters. The summed E-state index contributed by atoms with van der Waals surface area (Å²) in [7, 11) is 0. The largest absolute Gasteiger partial charge is 0.289 e. The highest BCUT2D eigenvalue weighted by molar-refractivity contribution is 6.32. The Balaban J connectivity index is 2.34. The summed E-state index contributed by atoms with van der Waals surface area (Å²) in [6.07, 6.45) is 2.49.